The van der Waals surface area contributed by atoms with Crippen molar-refractivity contribution >= 4 is 21.7 Å². The number of rotatable bonds is 4. The summed E-state index contributed by atoms with van der Waals surface area (Å²) in [5, 5.41) is 0. The van der Waals surface area contributed by atoms with Gasteiger partial charge in [-0.3, -0.25) is 4.98 Å². The first-order valence-electron chi connectivity index (χ1n) is 5.98. The molecule has 0 aliphatic carbocycles. The number of aromatic nitrogens is 2. The smallest absolute Gasteiger partial charge is 0.128 e. The summed E-state index contributed by atoms with van der Waals surface area (Å²) in [6.45, 7) is 5.83. The Kier molecular flexibility index (Phi) is 4.31. The number of halogens is 1. The summed E-state index contributed by atoms with van der Waals surface area (Å²) in [4.78, 5) is 11.1. The zero-order valence-electron chi connectivity index (χ0n) is 10.6. The SMILES string of the molecule is CCN(Cc1cccc(C)n1)c1ccc(Br)cn1. The lowest BCUT2D eigenvalue weighted by molar-refractivity contribution is 0.790. The molecule has 0 aliphatic heterocycles. The summed E-state index contributed by atoms with van der Waals surface area (Å²) in [5.74, 6) is 0.976. The summed E-state index contributed by atoms with van der Waals surface area (Å²) in [6, 6.07) is 10.1. The molecular formula is C14H16BrN3. The molecule has 2 heterocycles. The summed E-state index contributed by atoms with van der Waals surface area (Å²) < 4.78 is 0.996. The monoisotopic (exact) mass is 305 g/mol. The molecule has 18 heavy (non-hydrogen) atoms. The molecule has 0 aromatic carbocycles. The van der Waals surface area contributed by atoms with Crippen molar-refractivity contribution in [2.45, 2.75) is 20.4 Å². The van der Waals surface area contributed by atoms with Gasteiger partial charge in [0.25, 0.3) is 0 Å². The van der Waals surface area contributed by atoms with Crippen LogP contribution < -0.4 is 4.90 Å². The minimum Gasteiger partial charge on any atom is -0.351 e. The van der Waals surface area contributed by atoms with Crippen molar-refractivity contribution in [3.05, 3.63) is 52.4 Å². The van der Waals surface area contributed by atoms with Crippen LogP contribution >= 0.6 is 15.9 Å². The Morgan fingerprint density at radius 3 is 2.67 bits per heavy atom. The number of nitrogens with zero attached hydrogens (tertiary/aromatic N) is 3. The van der Waals surface area contributed by atoms with E-state index in [1.807, 2.05) is 37.4 Å². The third kappa shape index (κ3) is 3.29. The molecule has 4 heteroatoms. The van der Waals surface area contributed by atoms with Crippen molar-refractivity contribution < 1.29 is 0 Å². The van der Waals surface area contributed by atoms with Gasteiger partial charge < -0.3 is 4.90 Å². The van der Waals surface area contributed by atoms with E-state index in [4.69, 9.17) is 0 Å². The number of aryl methyl sites for hydroxylation is 1. The molecule has 2 aromatic rings. The lowest BCUT2D eigenvalue weighted by Gasteiger charge is -2.21. The Bertz CT molecular complexity index is 511. The number of hydrogen-bond donors (Lipinski definition) is 0. The van der Waals surface area contributed by atoms with Crippen LogP contribution in [0.25, 0.3) is 0 Å². The Balaban J connectivity index is 2.17. The van der Waals surface area contributed by atoms with Gasteiger partial charge in [0.2, 0.25) is 0 Å². The molecule has 0 spiro atoms. The van der Waals surface area contributed by atoms with Crippen LogP contribution in [0.2, 0.25) is 0 Å². The molecule has 2 aromatic heterocycles. The minimum absolute atomic E-state index is 0.785. The van der Waals surface area contributed by atoms with Crippen LogP contribution in [0.1, 0.15) is 18.3 Å². The van der Waals surface area contributed by atoms with Gasteiger partial charge in [-0.05, 0) is 54.0 Å². The van der Waals surface area contributed by atoms with Gasteiger partial charge in [0, 0.05) is 22.9 Å². The fraction of sp³-hybridized carbons (Fsp3) is 0.286. The molecule has 0 bridgehead atoms. The first-order valence-corrected chi connectivity index (χ1v) is 6.77. The van der Waals surface area contributed by atoms with Gasteiger partial charge in [-0.1, -0.05) is 6.07 Å². The van der Waals surface area contributed by atoms with Crippen LogP contribution in [0.4, 0.5) is 5.82 Å². The van der Waals surface area contributed by atoms with E-state index < -0.39 is 0 Å². The molecule has 0 radical (unpaired) electrons. The standard InChI is InChI=1S/C14H16BrN3/c1-3-18(14-8-7-12(15)9-16-14)10-13-6-4-5-11(2)17-13/h4-9H,3,10H2,1-2H3. The van der Waals surface area contributed by atoms with E-state index in [0.717, 1.165) is 34.8 Å². The van der Waals surface area contributed by atoms with Crippen molar-refractivity contribution in [2.24, 2.45) is 0 Å². The highest BCUT2D eigenvalue weighted by molar-refractivity contribution is 9.10. The van der Waals surface area contributed by atoms with Gasteiger partial charge in [-0.2, -0.15) is 0 Å². The first kappa shape index (κ1) is 13.0. The molecular weight excluding hydrogens is 290 g/mol. The Hall–Kier alpha value is -1.42. The zero-order chi connectivity index (χ0) is 13.0. The molecule has 0 fully saturated rings. The fourth-order valence-electron chi connectivity index (χ4n) is 1.79. The van der Waals surface area contributed by atoms with E-state index in [2.05, 4.69) is 43.8 Å². The normalized spacial score (nSPS) is 10.4. The average Bonchev–Trinajstić information content (AvgIpc) is 2.37. The number of pyridine rings is 2. The molecule has 0 atom stereocenters. The van der Waals surface area contributed by atoms with E-state index in [1.165, 1.54) is 0 Å². The van der Waals surface area contributed by atoms with Gasteiger partial charge in [0.1, 0.15) is 5.82 Å². The third-order valence-electron chi connectivity index (χ3n) is 2.72. The van der Waals surface area contributed by atoms with Crippen molar-refractivity contribution in [2.75, 3.05) is 11.4 Å². The Labute approximate surface area is 116 Å². The topological polar surface area (TPSA) is 29.0 Å². The highest BCUT2D eigenvalue weighted by Crippen LogP contribution is 2.16. The quantitative estimate of drug-likeness (QED) is 0.864. The maximum Gasteiger partial charge on any atom is 0.128 e. The number of anilines is 1. The second kappa shape index (κ2) is 5.96. The average molecular weight is 306 g/mol. The van der Waals surface area contributed by atoms with Gasteiger partial charge in [0.15, 0.2) is 0 Å². The molecule has 3 nitrogen and oxygen atoms in total. The lowest BCUT2D eigenvalue weighted by atomic mass is 10.3. The van der Waals surface area contributed by atoms with E-state index in [-0.39, 0.29) is 0 Å². The van der Waals surface area contributed by atoms with Crippen LogP contribution in [0, 0.1) is 6.92 Å². The maximum absolute atomic E-state index is 4.53. The predicted octanol–water partition coefficient (Wildman–Crippen LogP) is 3.57. The van der Waals surface area contributed by atoms with Crippen molar-refractivity contribution in [3.8, 4) is 0 Å². The van der Waals surface area contributed by atoms with Crippen LogP contribution in [0.5, 0.6) is 0 Å². The van der Waals surface area contributed by atoms with Gasteiger partial charge >= 0.3 is 0 Å². The molecule has 0 saturated heterocycles. The van der Waals surface area contributed by atoms with Gasteiger partial charge in [-0.15, -0.1) is 0 Å². The lowest BCUT2D eigenvalue weighted by Crippen LogP contribution is -2.23. The second-order valence-electron chi connectivity index (χ2n) is 4.12. The predicted molar refractivity (Wildman–Crippen MR) is 77.6 cm³/mol. The van der Waals surface area contributed by atoms with E-state index in [9.17, 15) is 0 Å². The molecule has 0 amide bonds. The first-order chi connectivity index (χ1) is 8.69. The molecule has 0 aliphatic rings. The third-order valence-corrected chi connectivity index (χ3v) is 3.19. The molecule has 0 N–H and O–H groups in total. The van der Waals surface area contributed by atoms with Crippen LogP contribution in [-0.2, 0) is 6.54 Å². The maximum atomic E-state index is 4.53. The van der Waals surface area contributed by atoms with Crippen LogP contribution in [-0.4, -0.2) is 16.5 Å². The van der Waals surface area contributed by atoms with Gasteiger partial charge in [-0.25, -0.2) is 4.98 Å². The van der Waals surface area contributed by atoms with Crippen molar-refractivity contribution in [1.82, 2.24) is 9.97 Å². The summed E-state index contributed by atoms with van der Waals surface area (Å²) in [7, 11) is 0. The van der Waals surface area contributed by atoms with Crippen LogP contribution in [0.3, 0.4) is 0 Å². The molecule has 2 rings (SSSR count). The Morgan fingerprint density at radius 1 is 1.22 bits per heavy atom. The number of hydrogen-bond acceptors (Lipinski definition) is 3. The highest BCUT2D eigenvalue weighted by Gasteiger charge is 2.07. The van der Waals surface area contributed by atoms with E-state index >= 15 is 0 Å². The molecule has 0 unspecified atom stereocenters. The molecule has 94 valence electrons. The summed E-state index contributed by atoms with van der Waals surface area (Å²) in [6.07, 6.45) is 1.82. The summed E-state index contributed by atoms with van der Waals surface area (Å²) >= 11 is 3.40. The summed E-state index contributed by atoms with van der Waals surface area (Å²) in [5.41, 5.74) is 2.12. The highest BCUT2D eigenvalue weighted by atomic mass is 79.9. The van der Waals surface area contributed by atoms with Crippen LogP contribution in [0.15, 0.2) is 41.0 Å². The Morgan fingerprint density at radius 2 is 2.06 bits per heavy atom. The van der Waals surface area contributed by atoms with Gasteiger partial charge in [0.05, 0.1) is 12.2 Å². The largest absolute Gasteiger partial charge is 0.351 e. The minimum atomic E-state index is 0.785. The van der Waals surface area contributed by atoms with E-state index in [0.29, 0.717) is 0 Å². The fourth-order valence-corrected chi connectivity index (χ4v) is 2.03. The van der Waals surface area contributed by atoms with Crippen molar-refractivity contribution in [1.29, 1.82) is 0 Å². The van der Waals surface area contributed by atoms with E-state index in [1.54, 1.807) is 0 Å². The molecule has 0 saturated carbocycles. The second-order valence-corrected chi connectivity index (χ2v) is 5.03. The zero-order valence-corrected chi connectivity index (χ0v) is 12.2. The van der Waals surface area contributed by atoms with Crippen molar-refractivity contribution in [3.63, 3.8) is 0 Å².